The van der Waals surface area contributed by atoms with E-state index in [1.807, 2.05) is 42.5 Å². The second-order valence-electron chi connectivity index (χ2n) is 7.10. The molecule has 3 aromatic rings. The molecule has 0 radical (unpaired) electrons. The number of urea groups is 1. The number of benzene rings is 1. The van der Waals surface area contributed by atoms with Gasteiger partial charge in [-0.1, -0.05) is 18.2 Å². The Hall–Kier alpha value is -3.79. The van der Waals surface area contributed by atoms with Crippen LogP contribution in [-0.4, -0.2) is 52.4 Å². The van der Waals surface area contributed by atoms with Crippen LogP contribution in [0.2, 0.25) is 0 Å². The first kappa shape index (κ1) is 21.4. The Morgan fingerprint density at radius 1 is 1.19 bits per heavy atom. The smallest absolute Gasteiger partial charge is 0.324 e. The molecule has 10 heteroatoms. The maximum atomic E-state index is 12.6. The molecule has 1 aliphatic rings. The number of ether oxygens (including phenoxy) is 1. The van der Waals surface area contributed by atoms with Crippen molar-refractivity contribution in [3.8, 4) is 17.1 Å². The van der Waals surface area contributed by atoms with Crippen LogP contribution < -0.4 is 15.4 Å². The number of carbonyl (C=O) groups is 3. The number of carbonyl (C=O) groups excluding carboxylic acids is 3. The first-order valence-corrected chi connectivity index (χ1v) is 10.8. The van der Waals surface area contributed by atoms with Crippen molar-refractivity contribution >= 4 is 34.3 Å². The monoisotopic (exact) mass is 451 g/mol. The Morgan fingerprint density at radius 3 is 2.72 bits per heavy atom. The number of nitrogens with zero attached hydrogens (tertiary/aromatic N) is 3. The fourth-order valence-corrected chi connectivity index (χ4v) is 4.00. The summed E-state index contributed by atoms with van der Waals surface area (Å²) in [5, 5.41) is 7.47. The molecule has 1 atom stereocenters. The van der Waals surface area contributed by atoms with Crippen LogP contribution in [0.3, 0.4) is 0 Å². The van der Waals surface area contributed by atoms with E-state index >= 15 is 0 Å². The number of amides is 4. The van der Waals surface area contributed by atoms with Gasteiger partial charge in [0, 0.05) is 18.1 Å². The Kier molecular flexibility index (Phi) is 6.41. The number of nitrogens with one attached hydrogen (secondary N) is 2. The van der Waals surface area contributed by atoms with E-state index in [2.05, 4.69) is 20.6 Å². The first-order chi connectivity index (χ1) is 15.5. The number of aromatic nitrogens is 2. The maximum Gasteiger partial charge on any atom is 0.324 e. The summed E-state index contributed by atoms with van der Waals surface area (Å²) in [6, 6.07) is 11.5. The summed E-state index contributed by atoms with van der Waals surface area (Å²) in [6.45, 7) is 0.231. The number of hydrogen-bond donors (Lipinski definition) is 2. The minimum absolute atomic E-state index is 0.165. The van der Waals surface area contributed by atoms with Crippen LogP contribution in [0.5, 0.6) is 5.75 Å². The molecule has 0 saturated carbocycles. The van der Waals surface area contributed by atoms with Gasteiger partial charge in [-0.05, 0) is 36.2 Å². The number of rotatable bonds is 8. The summed E-state index contributed by atoms with van der Waals surface area (Å²) in [5.74, 6) is -0.0725. The topological polar surface area (TPSA) is 114 Å². The molecule has 0 spiro atoms. The minimum atomic E-state index is -0.895. The molecule has 1 unspecified atom stereocenters. The Labute approximate surface area is 188 Å². The molecule has 0 bridgehead atoms. The van der Waals surface area contributed by atoms with Gasteiger partial charge in [0.05, 0.1) is 19.2 Å². The Bertz CT molecular complexity index is 1120. The molecule has 1 saturated heterocycles. The van der Waals surface area contributed by atoms with Crippen LogP contribution in [0, 0.1) is 0 Å². The second-order valence-corrected chi connectivity index (χ2v) is 7.95. The highest BCUT2D eigenvalue weighted by Gasteiger charge is 2.38. The van der Waals surface area contributed by atoms with Gasteiger partial charge in [-0.2, -0.15) is 0 Å². The molecule has 0 aliphatic carbocycles. The second kappa shape index (κ2) is 9.56. The summed E-state index contributed by atoms with van der Waals surface area (Å²) in [6.07, 6.45) is 2.02. The van der Waals surface area contributed by atoms with Gasteiger partial charge in [0.2, 0.25) is 5.91 Å². The van der Waals surface area contributed by atoms with E-state index in [0.717, 1.165) is 16.2 Å². The molecule has 1 aliphatic heterocycles. The SMILES string of the molecule is COc1ccc(CCN2C(=O)NC(CC(=O)Nc3nc(-c4ccccn4)cs3)C2=O)cc1. The lowest BCUT2D eigenvalue weighted by molar-refractivity contribution is -0.129. The number of imide groups is 1. The molecule has 2 aromatic heterocycles. The van der Waals surface area contributed by atoms with E-state index in [0.29, 0.717) is 22.9 Å². The average Bonchev–Trinajstić information content (AvgIpc) is 3.37. The zero-order valence-corrected chi connectivity index (χ0v) is 18.1. The zero-order valence-electron chi connectivity index (χ0n) is 17.3. The average molecular weight is 452 g/mol. The van der Waals surface area contributed by atoms with Crippen LogP contribution in [0.4, 0.5) is 9.93 Å². The highest BCUT2D eigenvalue weighted by Crippen LogP contribution is 2.23. The number of pyridine rings is 1. The van der Waals surface area contributed by atoms with Crippen molar-refractivity contribution < 1.29 is 19.1 Å². The van der Waals surface area contributed by atoms with E-state index in [1.165, 1.54) is 11.3 Å². The predicted molar refractivity (Wildman–Crippen MR) is 119 cm³/mol. The summed E-state index contributed by atoms with van der Waals surface area (Å²) in [5.41, 5.74) is 2.33. The van der Waals surface area contributed by atoms with Crippen molar-refractivity contribution in [1.82, 2.24) is 20.2 Å². The molecular formula is C22H21N5O4S. The molecule has 1 fully saturated rings. The minimum Gasteiger partial charge on any atom is -0.497 e. The van der Waals surface area contributed by atoms with Crippen LogP contribution in [0.1, 0.15) is 12.0 Å². The molecule has 4 rings (SSSR count). The number of methoxy groups -OCH3 is 1. The molecule has 164 valence electrons. The van der Waals surface area contributed by atoms with Crippen LogP contribution >= 0.6 is 11.3 Å². The van der Waals surface area contributed by atoms with Gasteiger partial charge in [0.15, 0.2) is 5.13 Å². The van der Waals surface area contributed by atoms with E-state index < -0.39 is 23.9 Å². The van der Waals surface area contributed by atoms with E-state index in [9.17, 15) is 14.4 Å². The van der Waals surface area contributed by atoms with Gasteiger partial charge in [-0.25, -0.2) is 9.78 Å². The van der Waals surface area contributed by atoms with Crippen LogP contribution in [0.15, 0.2) is 54.0 Å². The highest BCUT2D eigenvalue weighted by atomic mass is 32.1. The third-order valence-corrected chi connectivity index (χ3v) is 5.72. The van der Waals surface area contributed by atoms with E-state index in [4.69, 9.17) is 4.74 Å². The molecule has 2 N–H and O–H groups in total. The number of anilines is 1. The lowest BCUT2D eigenvalue weighted by Crippen LogP contribution is -2.34. The largest absolute Gasteiger partial charge is 0.497 e. The van der Waals surface area contributed by atoms with Crippen molar-refractivity contribution in [1.29, 1.82) is 0 Å². The summed E-state index contributed by atoms with van der Waals surface area (Å²) >= 11 is 1.27. The summed E-state index contributed by atoms with van der Waals surface area (Å²) in [4.78, 5) is 47.0. The first-order valence-electron chi connectivity index (χ1n) is 9.95. The van der Waals surface area contributed by atoms with Crippen molar-refractivity contribution in [2.75, 3.05) is 19.0 Å². The Morgan fingerprint density at radius 2 is 2.00 bits per heavy atom. The summed E-state index contributed by atoms with van der Waals surface area (Å²) < 4.78 is 5.13. The van der Waals surface area contributed by atoms with Gasteiger partial charge in [0.1, 0.15) is 17.5 Å². The zero-order chi connectivity index (χ0) is 22.5. The lowest BCUT2D eigenvalue weighted by atomic mass is 10.1. The van der Waals surface area contributed by atoms with Crippen molar-refractivity contribution in [3.63, 3.8) is 0 Å². The molecule has 4 amide bonds. The third-order valence-electron chi connectivity index (χ3n) is 4.96. The summed E-state index contributed by atoms with van der Waals surface area (Å²) in [7, 11) is 1.59. The van der Waals surface area contributed by atoms with Gasteiger partial charge < -0.3 is 15.4 Å². The third kappa shape index (κ3) is 4.92. The molecular weight excluding hydrogens is 430 g/mol. The van der Waals surface area contributed by atoms with Gasteiger partial charge in [-0.15, -0.1) is 11.3 Å². The van der Waals surface area contributed by atoms with Crippen molar-refractivity contribution in [3.05, 3.63) is 59.6 Å². The van der Waals surface area contributed by atoms with Gasteiger partial charge >= 0.3 is 6.03 Å². The van der Waals surface area contributed by atoms with Gasteiger partial charge in [0.25, 0.3) is 5.91 Å². The molecule has 32 heavy (non-hydrogen) atoms. The number of hydrogen-bond acceptors (Lipinski definition) is 7. The van der Waals surface area contributed by atoms with E-state index in [-0.39, 0.29) is 13.0 Å². The van der Waals surface area contributed by atoms with Gasteiger partial charge in [-0.3, -0.25) is 19.5 Å². The molecule has 9 nitrogen and oxygen atoms in total. The predicted octanol–water partition coefficient (Wildman–Crippen LogP) is 2.71. The normalized spacial score (nSPS) is 15.5. The lowest BCUT2D eigenvalue weighted by Gasteiger charge is -2.13. The molecule has 1 aromatic carbocycles. The Balaban J connectivity index is 1.30. The fraction of sp³-hybridized carbons (Fsp3) is 0.227. The number of thiazole rings is 1. The fourth-order valence-electron chi connectivity index (χ4n) is 3.28. The van der Waals surface area contributed by atoms with Crippen LogP contribution in [0.25, 0.3) is 11.4 Å². The van der Waals surface area contributed by atoms with E-state index in [1.54, 1.807) is 18.7 Å². The van der Waals surface area contributed by atoms with Crippen LogP contribution in [-0.2, 0) is 16.0 Å². The highest BCUT2D eigenvalue weighted by molar-refractivity contribution is 7.14. The standard InChI is InChI=1S/C22H21N5O4S/c1-31-15-7-5-14(6-8-15)9-11-27-20(29)17(25-22(27)30)12-19(28)26-21-24-18(13-32-21)16-4-2-3-10-23-16/h2-8,10,13,17H,9,11-12H2,1H3,(H,25,30)(H,24,26,28). The van der Waals surface area contributed by atoms with Crippen molar-refractivity contribution in [2.45, 2.75) is 18.9 Å². The maximum absolute atomic E-state index is 12.6. The quantitative estimate of drug-likeness (QED) is 0.509. The molecule has 3 heterocycles. The van der Waals surface area contributed by atoms with Crippen molar-refractivity contribution in [2.24, 2.45) is 0 Å².